The van der Waals surface area contributed by atoms with Gasteiger partial charge in [0.05, 0.1) is 16.9 Å². The van der Waals surface area contributed by atoms with Gasteiger partial charge >= 0.3 is 0 Å². The van der Waals surface area contributed by atoms with Crippen LogP contribution in [0.5, 0.6) is 0 Å². The highest BCUT2D eigenvalue weighted by Gasteiger charge is 2.16. The van der Waals surface area contributed by atoms with E-state index in [2.05, 4.69) is 9.97 Å². The van der Waals surface area contributed by atoms with Gasteiger partial charge in [-0.05, 0) is 29.9 Å². The Morgan fingerprint density at radius 2 is 2.19 bits per heavy atom. The number of nitrogens with zero attached hydrogens (tertiary/aromatic N) is 1. The third kappa shape index (κ3) is 1.80. The molecule has 2 heterocycles. The average molecular weight is 234 g/mol. The maximum atomic E-state index is 11.8. The first-order valence-corrected chi connectivity index (χ1v) is 6.11. The lowest BCUT2D eigenvalue weighted by Crippen LogP contribution is -2.16. The van der Waals surface area contributed by atoms with Gasteiger partial charge in [0.2, 0.25) is 0 Å². The molecule has 4 heteroatoms. The molecule has 84 valence electrons. The second-order valence-corrected chi connectivity index (χ2v) is 5.00. The van der Waals surface area contributed by atoms with Gasteiger partial charge in [0, 0.05) is 5.56 Å². The number of aromatic amines is 1. The first-order chi connectivity index (χ1) is 7.61. The molecule has 0 bridgehead atoms. The van der Waals surface area contributed by atoms with E-state index in [1.54, 1.807) is 11.3 Å². The van der Waals surface area contributed by atoms with Crippen molar-refractivity contribution in [2.24, 2.45) is 0 Å². The fraction of sp³-hybridized carbons (Fsp3) is 0.333. The zero-order valence-electron chi connectivity index (χ0n) is 9.57. The predicted octanol–water partition coefficient (Wildman–Crippen LogP) is 2.93. The summed E-state index contributed by atoms with van der Waals surface area (Å²) in [7, 11) is 0. The van der Waals surface area contributed by atoms with Gasteiger partial charge in [-0.2, -0.15) is 0 Å². The summed E-state index contributed by atoms with van der Waals surface area (Å²) in [6.07, 6.45) is 1.47. The first-order valence-electron chi connectivity index (χ1n) is 5.23. The first kappa shape index (κ1) is 11.1. The molecule has 0 aliphatic heterocycles. The molecule has 0 saturated carbocycles. The van der Waals surface area contributed by atoms with Crippen LogP contribution in [0.3, 0.4) is 0 Å². The molecule has 0 spiro atoms. The van der Waals surface area contributed by atoms with E-state index in [1.165, 1.54) is 11.9 Å². The van der Waals surface area contributed by atoms with Gasteiger partial charge in [-0.25, -0.2) is 4.98 Å². The van der Waals surface area contributed by atoms with Crippen LogP contribution in [0.15, 0.2) is 22.6 Å². The summed E-state index contributed by atoms with van der Waals surface area (Å²) in [6.45, 7) is 6.07. The van der Waals surface area contributed by atoms with Crippen LogP contribution in [-0.2, 0) is 0 Å². The molecule has 0 atom stereocenters. The number of aryl methyl sites for hydroxylation is 1. The Balaban J connectivity index is 2.71. The van der Waals surface area contributed by atoms with Gasteiger partial charge < -0.3 is 4.98 Å². The lowest BCUT2D eigenvalue weighted by atomic mass is 10.0. The largest absolute Gasteiger partial charge is 0.313 e. The zero-order chi connectivity index (χ0) is 11.7. The summed E-state index contributed by atoms with van der Waals surface area (Å²) < 4.78 is 0. The van der Waals surface area contributed by atoms with Crippen molar-refractivity contribution in [2.45, 2.75) is 26.7 Å². The minimum absolute atomic E-state index is 0.0344. The normalized spacial score (nSPS) is 11.0. The number of nitrogens with one attached hydrogen (secondary N) is 1. The Hall–Kier alpha value is -1.42. The highest BCUT2D eigenvalue weighted by molar-refractivity contribution is 7.13. The third-order valence-corrected chi connectivity index (χ3v) is 3.57. The van der Waals surface area contributed by atoms with E-state index in [9.17, 15) is 4.79 Å². The smallest absolute Gasteiger partial charge is 0.254 e. The van der Waals surface area contributed by atoms with Crippen molar-refractivity contribution in [1.82, 2.24) is 9.97 Å². The van der Waals surface area contributed by atoms with Crippen molar-refractivity contribution in [3.63, 3.8) is 0 Å². The van der Waals surface area contributed by atoms with Gasteiger partial charge in [0.15, 0.2) is 0 Å². The monoisotopic (exact) mass is 234 g/mol. The van der Waals surface area contributed by atoms with Gasteiger partial charge in [-0.3, -0.25) is 4.79 Å². The van der Waals surface area contributed by atoms with E-state index in [4.69, 9.17) is 0 Å². The summed E-state index contributed by atoms with van der Waals surface area (Å²) in [6, 6.07) is 2.05. The summed E-state index contributed by atoms with van der Waals surface area (Å²) in [4.78, 5) is 19.8. The summed E-state index contributed by atoms with van der Waals surface area (Å²) in [5.74, 6) is 0.175. The maximum Gasteiger partial charge on any atom is 0.254 e. The van der Waals surface area contributed by atoms with Crippen molar-refractivity contribution in [1.29, 1.82) is 0 Å². The van der Waals surface area contributed by atoms with E-state index in [0.717, 1.165) is 16.1 Å². The Bertz CT molecular complexity index is 554. The van der Waals surface area contributed by atoms with Crippen molar-refractivity contribution >= 4 is 11.3 Å². The van der Waals surface area contributed by atoms with Crippen LogP contribution < -0.4 is 5.56 Å². The Morgan fingerprint density at radius 3 is 2.75 bits per heavy atom. The summed E-state index contributed by atoms with van der Waals surface area (Å²) in [5.41, 5.74) is 2.73. The molecule has 1 N–H and O–H groups in total. The molecule has 3 nitrogen and oxygen atoms in total. The molecule has 0 amide bonds. The molecule has 0 saturated heterocycles. The standard InChI is InChI=1S/C12H14N2OS/c1-7(2)9-10(13-6-14-12(9)15)11-8(3)4-5-16-11/h4-7H,1-3H3,(H,13,14,15). The maximum absolute atomic E-state index is 11.8. The average Bonchev–Trinajstić information content (AvgIpc) is 2.63. The van der Waals surface area contributed by atoms with Crippen molar-refractivity contribution < 1.29 is 0 Å². The minimum Gasteiger partial charge on any atom is -0.313 e. The van der Waals surface area contributed by atoms with Crippen LogP contribution in [0.25, 0.3) is 10.6 Å². The molecule has 0 aliphatic rings. The molecule has 0 aliphatic carbocycles. The van der Waals surface area contributed by atoms with Crippen molar-refractivity contribution in [2.75, 3.05) is 0 Å². The third-order valence-electron chi connectivity index (χ3n) is 2.54. The quantitative estimate of drug-likeness (QED) is 0.868. The van der Waals surface area contributed by atoms with E-state index in [0.29, 0.717) is 0 Å². The van der Waals surface area contributed by atoms with E-state index in [-0.39, 0.29) is 11.5 Å². The number of H-pyrrole nitrogens is 1. The second kappa shape index (κ2) is 4.22. The fourth-order valence-corrected chi connectivity index (χ4v) is 2.68. The van der Waals surface area contributed by atoms with Crippen LogP contribution in [0.2, 0.25) is 0 Å². The van der Waals surface area contributed by atoms with Gasteiger partial charge in [-0.1, -0.05) is 13.8 Å². The minimum atomic E-state index is -0.0344. The van der Waals surface area contributed by atoms with Gasteiger partial charge in [0.1, 0.15) is 0 Å². The molecule has 2 rings (SSSR count). The zero-order valence-corrected chi connectivity index (χ0v) is 10.4. The van der Waals surface area contributed by atoms with Crippen LogP contribution >= 0.6 is 11.3 Å². The molecular formula is C12H14N2OS. The van der Waals surface area contributed by atoms with Crippen molar-refractivity contribution in [3.05, 3.63) is 39.3 Å². The second-order valence-electron chi connectivity index (χ2n) is 4.08. The number of rotatable bonds is 2. The molecule has 16 heavy (non-hydrogen) atoms. The highest BCUT2D eigenvalue weighted by atomic mass is 32.1. The molecule has 0 radical (unpaired) electrons. The molecule has 0 aromatic carbocycles. The summed E-state index contributed by atoms with van der Waals surface area (Å²) in [5, 5.41) is 2.03. The fourth-order valence-electron chi connectivity index (χ4n) is 1.74. The topological polar surface area (TPSA) is 45.8 Å². The molecule has 0 unspecified atom stereocenters. The van der Waals surface area contributed by atoms with Gasteiger partial charge in [-0.15, -0.1) is 11.3 Å². The van der Waals surface area contributed by atoms with E-state index < -0.39 is 0 Å². The van der Waals surface area contributed by atoms with Crippen molar-refractivity contribution in [3.8, 4) is 10.6 Å². The summed E-state index contributed by atoms with van der Waals surface area (Å²) >= 11 is 1.63. The lowest BCUT2D eigenvalue weighted by Gasteiger charge is -2.09. The Labute approximate surface area is 98.2 Å². The molecule has 2 aromatic rings. The van der Waals surface area contributed by atoms with Crippen LogP contribution in [0.4, 0.5) is 0 Å². The van der Waals surface area contributed by atoms with E-state index >= 15 is 0 Å². The Kier molecular flexibility index (Phi) is 2.92. The Morgan fingerprint density at radius 1 is 1.44 bits per heavy atom. The van der Waals surface area contributed by atoms with Crippen LogP contribution in [0, 0.1) is 6.92 Å². The van der Waals surface area contributed by atoms with E-state index in [1.807, 2.05) is 32.2 Å². The van der Waals surface area contributed by atoms with Gasteiger partial charge in [0.25, 0.3) is 5.56 Å². The highest BCUT2D eigenvalue weighted by Crippen LogP contribution is 2.31. The molecule has 2 aromatic heterocycles. The van der Waals surface area contributed by atoms with Crippen LogP contribution in [0.1, 0.15) is 30.9 Å². The lowest BCUT2D eigenvalue weighted by molar-refractivity contribution is 0.834. The SMILES string of the molecule is Cc1ccsc1-c1nc[nH]c(=O)c1C(C)C. The number of aromatic nitrogens is 2. The predicted molar refractivity (Wildman–Crippen MR) is 67.0 cm³/mol. The molecular weight excluding hydrogens is 220 g/mol. The van der Waals surface area contributed by atoms with Crippen LogP contribution in [-0.4, -0.2) is 9.97 Å². The molecule has 0 fully saturated rings. The number of hydrogen-bond donors (Lipinski definition) is 1. The number of thiophene rings is 1. The number of hydrogen-bond acceptors (Lipinski definition) is 3.